The van der Waals surface area contributed by atoms with Gasteiger partial charge in [0.05, 0.1) is 31.3 Å². The summed E-state index contributed by atoms with van der Waals surface area (Å²) in [5.74, 6) is 0. The van der Waals surface area contributed by atoms with Gasteiger partial charge in [0.15, 0.2) is 4.63 Å². The number of halogens is 4. The fourth-order valence-electron chi connectivity index (χ4n) is 1.44. The number of anilines is 1. The molecule has 0 unspecified atom stereocenters. The molecular weight excluding hydrogens is 418 g/mol. The lowest BCUT2D eigenvalue weighted by atomic mass is 10.3. The van der Waals surface area contributed by atoms with Gasteiger partial charge in [-0.1, -0.05) is 23.2 Å². The van der Waals surface area contributed by atoms with Crippen LogP contribution in [0.25, 0.3) is 0 Å². The average molecular weight is 426 g/mol. The minimum Gasteiger partial charge on any atom is -0.397 e. The van der Waals surface area contributed by atoms with E-state index in [0.717, 1.165) is 0 Å². The number of benzene rings is 2. The van der Waals surface area contributed by atoms with Gasteiger partial charge in [-0.3, -0.25) is 20.2 Å². The van der Waals surface area contributed by atoms with Crippen LogP contribution < -0.4 is 5.73 Å². The van der Waals surface area contributed by atoms with Gasteiger partial charge in [0.2, 0.25) is 0 Å². The van der Waals surface area contributed by atoms with E-state index in [4.69, 9.17) is 52.1 Å². The van der Waals surface area contributed by atoms with Crippen LogP contribution in [0.15, 0.2) is 41.4 Å². The SMILES string of the molecule is Nc1cc([N+](=O)[O-])ccc1Cl.O=[N+]([O-])c1ccc(Cl)c(N=C(Cl)Cl)c1. The number of nitro benzene ring substituents is 2. The summed E-state index contributed by atoms with van der Waals surface area (Å²) < 4.78 is -0.257. The van der Waals surface area contributed by atoms with E-state index in [2.05, 4.69) is 4.99 Å². The highest BCUT2D eigenvalue weighted by Crippen LogP contribution is 2.29. The fraction of sp³-hybridized carbons (Fsp3) is 0. The molecule has 0 saturated heterocycles. The first kappa shape index (κ1) is 20.9. The predicted molar refractivity (Wildman–Crippen MR) is 99.4 cm³/mol. The van der Waals surface area contributed by atoms with E-state index in [0.29, 0.717) is 5.02 Å². The lowest BCUT2D eigenvalue weighted by molar-refractivity contribution is -0.385. The van der Waals surface area contributed by atoms with Crippen LogP contribution in [0.2, 0.25) is 10.0 Å². The van der Waals surface area contributed by atoms with Crippen molar-refractivity contribution in [3.63, 3.8) is 0 Å². The molecule has 0 radical (unpaired) electrons. The van der Waals surface area contributed by atoms with Crippen LogP contribution in [0, 0.1) is 20.2 Å². The molecule has 2 aromatic rings. The van der Waals surface area contributed by atoms with E-state index in [1.807, 2.05) is 0 Å². The Balaban J connectivity index is 0.000000257. The number of nitrogens with two attached hydrogens (primary N) is 1. The molecule has 0 aromatic heterocycles. The Hall–Kier alpha value is -2.13. The summed E-state index contributed by atoms with van der Waals surface area (Å²) in [6.45, 7) is 0. The van der Waals surface area contributed by atoms with E-state index >= 15 is 0 Å². The zero-order valence-corrected chi connectivity index (χ0v) is 15.1. The van der Waals surface area contributed by atoms with Gasteiger partial charge >= 0.3 is 0 Å². The highest BCUT2D eigenvalue weighted by Gasteiger charge is 2.09. The Morgan fingerprint density at radius 2 is 1.40 bits per heavy atom. The topological polar surface area (TPSA) is 125 Å². The summed E-state index contributed by atoms with van der Waals surface area (Å²) in [4.78, 5) is 23.1. The van der Waals surface area contributed by atoms with Gasteiger partial charge in [0.1, 0.15) is 0 Å². The molecule has 0 aliphatic heterocycles. The summed E-state index contributed by atoms with van der Waals surface area (Å²) in [5.41, 5.74) is 5.54. The van der Waals surface area contributed by atoms with Crippen molar-refractivity contribution >= 4 is 73.8 Å². The number of aliphatic imine (C=N–C) groups is 1. The van der Waals surface area contributed by atoms with Gasteiger partial charge in [-0.15, -0.1) is 0 Å². The molecule has 0 saturated carbocycles. The molecule has 0 amide bonds. The van der Waals surface area contributed by atoms with E-state index in [-0.39, 0.29) is 32.4 Å². The number of hydrogen-bond donors (Lipinski definition) is 1. The molecule has 132 valence electrons. The smallest absolute Gasteiger partial charge is 0.271 e. The Bertz CT molecular complexity index is 841. The summed E-state index contributed by atoms with van der Waals surface area (Å²) in [6.07, 6.45) is 0. The maximum atomic E-state index is 10.4. The largest absolute Gasteiger partial charge is 0.397 e. The number of nitro groups is 2. The first-order valence-electron chi connectivity index (χ1n) is 6.15. The number of non-ortho nitro benzene ring substituents is 2. The molecular formula is C13H8Cl4N4O4. The van der Waals surface area contributed by atoms with Crippen LogP contribution in [0.4, 0.5) is 22.7 Å². The molecule has 0 aliphatic rings. The first-order chi connectivity index (χ1) is 11.6. The highest BCUT2D eigenvalue weighted by atomic mass is 35.5. The third-order valence-corrected chi connectivity index (χ3v) is 3.37. The molecule has 0 spiro atoms. The van der Waals surface area contributed by atoms with Gasteiger partial charge in [0.25, 0.3) is 11.4 Å². The van der Waals surface area contributed by atoms with Crippen LogP contribution in [0.1, 0.15) is 0 Å². The van der Waals surface area contributed by atoms with Crippen LogP contribution in [0.3, 0.4) is 0 Å². The number of rotatable bonds is 3. The van der Waals surface area contributed by atoms with Crippen LogP contribution in [-0.2, 0) is 0 Å². The maximum Gasteiger partial charge on any atom is 0.271 e. The lowest BCUT2D eigenvalue weighted by Gasteiger charge is -1.97. The highest BCUT2D eigenvalue weighted by molar-refractivity contribution is 6.95. The van der Waals surface area contributed by atoms with Gasteiger partial charge in [0, 0.05) is 24.3 Å². The van der Waals surface area contributed by atoms with Crippen molar-refractivity contribution in [1.29, 1.82) is 0 Å². The molecule has 2 rings (SSSR count). The van der Waals surface area contributed by atoms with Gasteiger partial charge < -0.3 is 5.73 Å². The molecule has 12 heteroatoms. The van der Waals surface area contributed by atoms with Gasteiger partial charge in [-0.2, -0.15) is 0 Å². The van der Waals surface area contributed by atoms with Crippen molar-refractivity contribution in [3.8, 4) is 0 Å². The maximum absolute atomic E-state index is 10.4. The Morgan fingerprint density at radius 3 is 1.84 bits per heavy atom. The molecule has 0 bridgehead atoms. The summed E-state index contributed by atoms with van der Waals surface area (Å²) >= 11 is 21.8. The molecule has 0 fully saturated rings. The molecule has 2 N–H and O–H groups in total. The van der Waals surface area contributed by atoms with Crippen molar-refractivity contribution in [2.75, 3.05) is 5.73 Å². The molecule has 0 aliphatic carbocycles. The normalized spacial score (nSPS) is 9.60. The third-order valence-electron chi connectivity index (χ3n) is 2.54. The van der Waals surface area contributed by atoms with E-state index in [1.165, 1.54) is 36.4 Å². The Morgan fingerprint density at radius 1 is 0.920 bits per heavy atom. The lowest BCUT2D eigenvalue weighted by Crippen LogP contribution is -1.91. The molecule has 2 aromatic carbocycles. The van der Waals surface area contributed by atoms with Crippen molar-refractivity contribution in [2.45, 2.75) is 0 Å². The number of nitrogens with zero attached hydrogens (tertiary/aromatic N) is 3. The Kier molecular flexibility index (Phi) is 7.85. The van der Waals surface area contributed by atoms with Crippen LogP contribution in [-0.4, -0.2) is 14.5 Å². The number of hydrogen-bond acceptors (Lipinski definition) is 6. The van der Waals surface area contributed by atoms with E-state index in [9.17, 15) is 20.2 Å². The minimum atomic E-state index is -0.558. The van der Waals surface area contributed by atoms with Gasteiger partial charge in [-0.25, -0.2) is 4.99 Å². The van der Waals surface area contributed by atoms with Crippen LogP contribution >= 0.6 is 46.4 Å². The van der Waals surface area contributed by atoms with Crippen molar-refractivity contribution in [2.24, 2.45) is 4.99 Å². The molecule has 0 atom stereocenters. The van der Waals surface area contributed by atoms with Crippen molar-refractivity contribution in [1.82, 2.24) is 0 Å². The number of nitrogen functional groups attached to an aromatic ring is 1. The minimum absolute atomic E-state index is 0.0492. The van der Waals surface area contributed by atoms with E-state index in [1.54, 1.807) is 0 Å². The third kappa shape index (κ3) is 6.71. The monoisotopic (exact) mass is 424 g/mol. The zero-order valence-electron chi connectivity index (χ0n) is 12.0. The quantitative estimate of drug-likeness (QED) is 0.299. The average Bonchev–Trinajstić information content (AvgIpc) is 2.52. The summed E-state index contributed by atoms with van der Waals surface area (Å²) in [7, 11) is 0. The van der Waals surface area contributed by atoms with Crippen molar-refractivity contribution < 1.29 is 9.85 Å². The fourth-order valence-corrected chi connectivity index (χ4v) is 1.90. The standard InChI is InChI=1S/C7H3Cl3N2O2.C6H5ClN2O2/c8-5-2-1-4(12(13)14)3-6(5)11-7(9)10;7-5-2-1-4(9(10)11)3-6(5)8/h1-3H;1-3H,8H2. The molecule has 25 heavy (non-hydrogen) atoms. The predicted octanol–water partition coefficient (Wildman–Crippen LogP) is 5.54. The summed E-state index contributed by atoms with van der Waals surface area (Å²) in [5, 5.41) is 21.1. The molecule has 0 heterocycles. The Labute approximate surface area is 161 Å². The van der Waals surface area contributed by atoms with Crippen molar-refractivity contribution in [3.05, 3.63) is 66.7 Å². The second-order valence-corrected chi connectivity index (χ2v) is 5.93. The van der Waals surface area contributed by atoms with E-state index < -0.39 is 9.85 Å². The summed E-state index contributed by atoms with van der Waals surface area (Å²) in [6, 6.07) is 7.74. The molecule has 8 nitrogen and oxygen atoms in total. The second-order valence-electron chi connectivity index (χ2n) is 4.21. The van der Waals surface area contributed by atoms with Gasteiger partial charge in [-0.05, 0) is 35.3 Å². The first-order valence-corrected chi connectivity index (χ1v) is 7.66. The zero-order chi connectivity index (χ0) is 19.1. The van der Waals surface area contributed by atoms with Crippen LogP contribution in [0.5, 0.6) is 0 Å². The second kappa shape index (κ2) is 9.38.